The number of aryl methyl sites for hydroxylation is 1. The molecule has 1 aromatic carbocycles. The lowest BCUT2D eigenvalue weighted by molar-refractivity contribution is 0.100. The van der Waals surface area contributed by atoms with Crippen LogP contribution in [0, 0.1) is 18.7 Å². The van der Waals surface area contributed by atoms with Gasteiger partial charge >= 0.3 is 0 Å². The van der Waals surface area contributed by atoms with E-state index in [-0.39, 0.29) is 11.8 Å². The molecule has 1 saturated carbocycles. The van der Waals surface area contributed by atoms with Gasteiger partial charge in [0.25, 0.3) is 0 Å². The average Bonchev–Trinajstić information content (AvgIpc) is 2.57. The molecule has 1 atom stereocenters. The minimum atomic E-state index is -0.489. The van der Waals surface area contributed by atoms with Crippen LogP contribution in [0.1, 0.15) is 49.3 Å². The Kier molecular flexibility index (Phi) is 4.99. The molecule has 2 fully saturated rings. The van der Waals surface area contributed by atoms with E-state index < -0.39 is 5.82 Å². The van der Waals surface area contributed by atoms with Gasteiger partial charge in [-0.15, -0.1) is 0 Å². The Labute approximate surface area is 132 Å². The summed E-state index contributed by atoms with van der Waals surface area (Å²) in [5, 5.41) is 13.8. The molecule has 0 unspecified atom stereocenters. The van der Waals surface area contributed by atoms with Crippen molar-refractivity contribution in [1.29, 1.82) is 0 Å². The summed E-state index contributed by atoms with van der Waals surface area (Å²) >= 11 is 0. The third-order valence-electron chi connectivity index (χ3n) is 5.32. The molecule has 0 bridgehead atoms. The molecule has 0 amide bonds. The zero-order valence-electron chi connectivity index (χ0n) is 13.4. The molecule has 0 radical (unpaired) electrons. The number of piperazine rings is 1. The van der Waals surface area contributed by atoms with Crippen molar-refractivity contribution < 1.29 is 9.50 Å². The predicted octanol–water partition coefficient (Wildman–Crippen LogP) is 3.37. The normalized spacial score (nSPS) is 22.6. The minimum absolute atomic E-state index is 0.130. The number of aromatic hydroxyl groups is 1. The molecule has 1 aliphatic heterocycles. The number of phenolic OH excluding ortho intramolecular Hbond substituents is 1. The first-order valence-electron chi connectivity index (χ1n) is 8.61. The van der Waals surface area contributed by atoms with Gasteiger partial charge in [0.2, 0.25) is 0 Å². The van der Waals surface area contributed by atoms with Crippen LogP contribution in [-0.2, 0) is 0 Å². The highest BCUT2D eigenvalue weighted by Gasteiger charge is 2.34. The summed E-state index contributed by atoms with van der Waals surface area (Å²) in [5.41, 5.74) is 1.84. The van der Waals surface area contributed by atoms with Crippen LogP contribution in [0.3, 0.4) is 0 Å². The van der Waals surface area contributed by atoms with E-state index in [2.05, 4.69) is 10.2 Å². The van der Waals surface area contributed by atoms with Crippen molar-refractivity contribution in [2.45, 2.75) is 45.1 Å². The number of benzene rings is 1. The molecule has 22 heavy (non-hydrogen) atoms. The lowest BCUT2D eigenvalue weighted by Crippen LogP contribution is -2.47. The lowest BCUT2D eigenvalue weighted by Gasteiger charge is -2.42. The number of nitrogens with one attached hydrogen (secondary N) is 1. The fourth-order valence-corrected chi connectivity index (χ4v) is 4.18. The van der Waals surface area contributed by atoms with Gasteiger partial charge in [0, 0.05) is 37.8 Å². The van der Waals surface area contributed by atoms with Crippen LogP contribution in [0.4, 0.5) is 4.39 Å². The van der Waals surface area contributed by atoms with Crippen LogP contribution in [0.15, 0.2) is 12.1 Å². The molecular formula is C18H27FN2O. The Bertz CT molecular complexity index is 490. The Morgan fingerprint density at radius 1 is 1.18 bits per heavy atom. The number of halogens is 1. The van der Waals surface area contributed by atoms with Crippen molar-refractivity contribution in [2.24, 2.45) is 5.92 Å². The quantitative estimate of drug-likeness (QED) is 0.899. The Hall–Kier alpha value is -1.13. The maximum Gasteiger partial charge on any atom is 0.165 e. The first-order valence-corrected chi connectivity index (χ1v) is 8.61. The van der Waals surface area contributed by atoms with E-state index >= 15 is 0 Å². The number of hydrogen-bond acceptors (Lipinski definition) is 3. The molecule has 1 saturated heterocycles. The summed E-state index contributed by atoms with van der Waals surface area (Å²) in [5.74, 6) is -0.0936. The maximum absolute atomic E-state index is 14.0. The van der Waals surface area contributed by atoms with Crippen LogP contribution in [-0.4, -0.2) is 36.2 Å². The van der Waals surface area contributed by atoms with Gasteiger partial charge in [-0.05, 0) is 37.3 Å². The first-order chi connectivity index (χ1) is 10.7. The van der Waals surface area contributed by atoms with Gasteiger partial charge in [0.15, 0.2) is 11.6 Å². The Morgan fingerprint density at radius 3 is 2.55 bits per heavy atom. The third-order valence-corrected chi connectivity index (χ3v) is 5.32. The molecular weight excluding hydrogens is 279 g/mol. The molecule has 1 heterocycles. The van der Waals surface area contributed by atoms with Crippen LogP contribution in [0.5, 0.6) is 5.75 Å². The third kappa shape index (κ3) is 3.13. The summed E-state index contributed by atoms with van der Waals surface area (Å²) in [6.45, 7) is 5.87. The predicted molar refractivity (Wildman–Crippen MR) is 86.6 cm³/mol. The molecule has 3 nitrogen and oxygen atoms in total. The van der Waals surface area contributed by atoms with Gasteiger partial charge in [-0.2, -0.15) is 0 Å². The number of rotatable bonds is 3. The monoisotopic (exact) mass is 306 g/mol. The molecule has 2 N–H and O–H groups in total. The van der Waals surface area contributed by atoms with E-state index in [0.29, 0.717) is 5.92 Å². The molecule has 3 rings (SSSR count). The number of phenols is 1. The molecule has 1 aromatic rings. The largest absolute Gasteiger partial charge is 0.505 e. The highest BCUT2D eigenvalue weighted by atomic mass is 19.1. The second-order valence-electron chi connectivity index (χ2n) is 6.76. The van der Waals surface area contributed by atoms with E-state index in [0.717, 1.165) is 37.3 Å². The fraction of sp³-hybridized carbons (Fsp3) is 0.667. The standard InChI is InChI=1S/C18H27FN2O/c1-13-7-8-15(19)18(22)16(13)17(14-5-3-2-4-6-14)21-11-9-20-10-12-21/h7-8,14,17,20,22H,2-6,9-12H2,1H3/t17-/m0/s1. The second kappa shape index (κ2) is 6.97. The first kappa shape index (κ1) is 15.8. The summed E-state index contributed by atoms with van der Waals surface area (Å²) < 4.78 is 14.0. The molecule has 0 spiro atoms. The van der Waals surface area contributed by atoms with E-state index in [1.807, 2.05) is 13.0 Å². The highest BCUT2D eigenvalue weighted by molar-refractivity contribution is 5.42. The zero-order chi connectivity index (χ0) is 15.5. The van der Waals surface area contributed by atoms with Gasteiger partial charge < -0.3 is 10.4 Å². The van der Waals surface area contributed by atoms with E-state index in [4.69, 9.17) is 0 Å². The molecule has 2 aliphatic rings. The maximum atomic E-state index is 14.0. The SMILES string of the molecule is Cc1ccc(F)c(O)c1[C@H](C1CCCCC1)N1CCNCC1. The molecule has 122 valence electrons. The zero-order valence-corrected chi connectivity index (χ0v) is 13.4. The van der Waals surface area contributed by atoms with E-state index in [1.54, 1.807) is 0 Å². The van der Waals surface area contributed by atoms with Gasteiger partial charge in [-0.1, -0.05) is 25.3 Å². The Morgan fingerprint density at radius 2 is 1.86 bits per heavy atom. The number of nitrogens with zero attached hydrogens (tertiary/aromatic N) is 1. The summed E-state index contributed by atoms with van der Waals surface area (Å²) in [6.07, 6.45) is 6.18. The second-order valence-corrected chi connectivity index (χ2v) is 6.76. The van der Waals surface area contributed by atoms with Crippen molar-refractivity contribution in [1.82, 2.24) is 10.2 Å². The van der Waals surface area contributed by atoms with Crippen molar-refractivity contribution in [3.63, 3.8) is 0 Å². The lowest BCUT2D eigenvalue weighted by atomic mass is 9.78. The average molecular weight is 306 g/mol. The van der Waals surface area contributed by atoms with Gasteiger partial charge in [0.1, 0.15) is 0 Å². The van der Waals surface area contributed by atoms with Crippen LogP contribution < -0.4 is 5.32 Å². The summed E-state index contributed by atoms with van der Waals surface area (Å²) in [6, 6.07) is 3.34. The van der Waals surface area contributed by atoms with Crippen molar-refractivity contribution in [2.75, 3.05) is 26.2 Å². The molecule has 4 heteroatoms. The van der Waals surface area contributed by atoms with Crippen LogP contribution in [0.2, 0.25) is 0 Å². The highest BCUT2D eigenvalue weighted by Crippen LogP contribution is 2.43. The van der Waals surface area contributed by atoms with Crippen LogP contribution in [0.25, 0.3) is 0 Å². The minimum Gasteiger partial charge on any atom is -0.505 e. The van der Waals surface area contributed by atoms with Crippen molar-refractivity contribution in [3.8, 4) is 5.75 Å². The summed E-state index contributed by atoms with van der Waals surface area (Å²) in [7, 11) is 0. The van der Waals surface area contributed by atoms with E-state index in [9.17, 15) is 9.50 Å². The van der Waals surface area contributed by atoms with Gasteiger partial charge in [0.05, 0.1) is 0 Å². The topological polar surface area (TPSA) is 35.5 Å². The summed E-state index contributed by atoms with van der Waals surface area (Å²) in [4.78, 5) is 2.45. The van der Waals surface area contributed by atoms with Crippen LogP contribution >= 0.6 is 0 Å². The smallest absolute Gasteiger partial charge is 0.165 e. The van der Waals surface area contributed by atoms with Gasteiger partial charge in [-0.25, -0.2) is 4.39 Å². The number of hydrogen-bond donors (Lipinski definition) is 2. The fourth-order valence-electron chi connectivity index (χ4n) is 4.18. The van der Waals surface area contributed by atoms with E-state index in [1.165, 1.54) is 38.2 Å². The molecule has 0 aromatic heterocycles. The van der Waals surface area contributed by atoms with Crippen molar-refractivity contribution >= 4 is 0 Å². The Balaban J connectivity index is 1.98. The van der Waals surface area contributed by atoms with Gasteiger partial charge in [-0.3, -0.25) is 4.90 Å². The van der Waals surface area contributed by atoms with Crippen molar-refractivity contribution in [3.05, 3.63) is 29.1 Å². The molecule has 1 aliphatic carbocycles.